The normalized spacial score (nSPS) is 9.80. The molecule has 0 aliphatic carbocycles. The first-order valence-electron chi connectivity index (χ1n) is 2.72. The fourth-order valence-corrected chi connectivity index (χ4v) is 0.377. The highest BCUT2D eigenvalue weighted by Crippen LogP contribution is 1.93. The van der Waals surface area contributed by atoms with Crippen molar-refractivity contribution in [1.82, 2.24) is 5.43 Å². The number of hydrogen-bond acceptors (Lipinski definition) is 3. The minimum atomic E-state index is 0.262. The molecule has 0 spiro atoms. The van der Waals surface area contributed by atoms with Crippen LogP contribution in [0.3, 0.4) is 0 Å². The number of nitriles is 1. The molecule has 0 saturated heterocycles. The molecule has 0 fully saturated rings. The van der Waals surface area contributed by atoms with Crippen molar-refractivity contribution in [3.63, 3.8) is 0 Å². The maximum atomic E-state index is 8.43. The second kappa shape index (κ2) is 4.33. The van der Waals surface area contributed by atoms with Gasteiger partial charge < -0.3 is 5.43 Å². The monoisotopic (exact) mass is 135 g/mol. The van der Waals surface area contributed by atoms with Crippen molar-refractivity contribution in [3.8, 4) is 6.07 Å². The molecule has 0 heterocycles. The molecular formula is C7H9N3. The van der Waals surface area contributed by atoms with Crippen LogP contribution in [0.1, 0.15) is 0 Å². The molecule has 0 saturated carbocycles. The Kier molecular flexibility index (Phi) is 3.66. The zero-order chi connectivity index (χ0) is 7.98. The fourth-order valence-electron chi connectivity index (χ4n) is 0.377. The van der Waals surface area contributed by atoms with Gasteiger partial charge in [-0.3, -0.25) is 0 Å². The average molecular weight is 135 g/mol. The van der Waals surface area contributed by atoms with Crippen LogP contribution >= 0.6 is 0 Å². The Balaban J connectivity index is 4.39. The van der Waals surface area contributed by atoms with E-state index in [1.54, 1.807) is 7.05 Å². The van der Waals surface area contributed by atoms with E-state index in [2.05, 4.69) is 23.7 Å². The summed E-state index contributed by atoms with van der Waals surface area (Å²) in [5.41, 5.74) is 3.28. The van der Waals surface area contributed by atoms with E-state index in [0.717, 1.165) is 0 Å². The Morgan fingerprint density at radius 1 is 1.80 bits per heavy atom. The lowest BCUT2D eigenvalue weighted by Gasteiger charge is -1.93. The topological polar surface area (TPSA) is 48.2 Å². The lowest BCUT2D eigenvalue weighted by atomic mass is 10.2. The molecule has 0 aromatic heterocycles. The van der Waals surface area contributed by atoms with Crippen molar-refractivity contribution >= 4 is 5.71 Å². The van der Waals surface area contributed by atoms with Crippen molar-refractivity contribution in [1.29, 1.82) is 5.26 Å². The molecule has 0 bridgehead atoms. The van der Waals surface area contributed by atoms with E-state index in [1.165, 1.54) is 6.08 Å². The molecule has 0 unspecified atom stereocenters. The molecule has 0 aromatic carbocycles. The van der Waals surface area contributed by atoms with E-state index in [1.807, 2.05) is 6.07 Å². The molecule has 3 nitrogen and oxygen atoms in total. The average Bonchev–Trinajstić information content (AvgIpc) is 1.99. The molecule has 1 N–H and O–H groups in total. The number of allylic oxidation sites excluding steroid dienone is 2. The second-order valence-corrected chi connectivity index (χ2v) is 1.53. The maximum absolute atomic E-state index is 8.43. The van der Waals surface area contributed by atoms with E-state index < -0.39 is 0 Å². The van der Waals surface area contributed by atoms with Crippen molar-refractivity contribution in [2.75, 3.05) is 7.05 Å². The molecule has 3 heteroatoms. The van der Waals surface area contributed by atoms with Gasteiger partial charge in [0, 0.05) is 12.6 Å². The zero-order valence-electron chi connectivity index (χ0n) is 5.89. The second-order valence-electron chi connectivity index (χ2n) is 1.53. The maximum Gasteiger partial charge on any atom is 0.166 e. The largest absolute Gasteiger partial charge is 0.312 e. The van der Waals surface area contributed by atoms with Gasteiger partial charge in [0.2, 0.25) is 0 Å². The molecule has 0 amide bonds. The summed E-state index contributed by atoms with van der Waals surface area (Å²) in [6.07, 6.45) is 1.49. The van der Waals surface area contributed by atoms with E-state index in [0.29, 0.717) is 5.57 Å². The number of hydrogen-bond donors (Lipinski definition) is 1. The van der Waals surface area contributed by atoms with Crippen molar-refractivity contribution in [2.24, 2.45) is 5.10 Å². The van der Waals surface area contributed by atoms with Crippen molar-refractivity contribution in [2.45, 2.75) is 0 Å². The van der Waals surface area contributed by atoms with Crippen LogP contribution in [0.5, 0.6) is 0 Å². The van der Waals surface area contributed by atoms with Crippen LogP contribution in [0.25, 0.3) is 0 Å². The van der Waals surface area contributed by atoms with Gasteiger partial charge in [-0.25, -0.2) is 0 Å². The van der Waals surface area contributed by atoms with Crippen LogP contribution in [-0.2, 0) is 0 Å². The van der Waals surface area contributed by atoms with E-state index in [-0.39, 0.29) is 5.71 Å². The summed E-state index contributed by atoms with van der Waals surface area (Å²) in [6, 6.07) is 1.87. The van der Waals surface area contributed by atoms with Gasteiger partial charge in [0.05, 0.1) is 0 Å². The van der Waals surface area contributed by atoms with Crippen molar-refractivity contribution < 1.29 is 0 Å². The van der Waals surface area contributed by atoms with Crippen LogP contribution in [-0.4, -0.2) is 12.8 Å². The van der Waals surface area contributed by atoms with E-state index in [4.69, 9.17) is 5.26 Å². The summed E-state index contributed by atoms with van der Waals surface area (Å²) in [7, 11) is 1.62. The molecule has 52 valence electrons. The van der Waals surface area contributed by atoms with Gasteiger partial charge in [-0.2, -0.15) is 10.4 Å². The third-order valence-electron chi connectivity index (χ3n) is 0.880. The van der Waals surface area contributed by atoms with Gasteiger partial charge in [-0.05, 0) is 0 Å². The Morgan fingerprint density at radius 3 is 2.70 bits per heavy atom. The smallest absolute Gasteiger partial charge is 0.166 e. The first-order chi connectivity index (χ1) is 4.76. The molecule has 0 rings (SSSR count). The van der Waals surface area contributed by atoms with Crippen LogP contribution in [0.15, 0.2) is 29.9 Å². The van der Waals surface area contributed by atoms with Gasteiger partial charge in [0.1, 0.15) is 6.07 Å². The quantitative estimate of drug-likeness (QED) is 0.354. The molecule has 0 atom stereocenters. The molecule has 0 aliphatic rings. The highest BCUT2D eigenvalue weighted by atomic mass is 15.3. The van der Waals surface area contributed by atoms with E-state index in [9.17, 15) is 0 Å². The lowest BCUT2D eigenvalue weighted by molar-refractivity contribution is 0.903. The van der Waals surface area contributed by atoms with Crippen LogP contribution in [0.2, 0.25) is 0 Å². The third kappa shape index (κ3) is 2.14. The summed E-state index contributed by atoms with van der Waals surface area (Å²) < 4.78 is 0. The van der Waals surface area contributed by atoms with Gasteiger partial charge in [-0.15, -0.1) is 0 Å². The highest BCUT2D eigenvalue weighted by Gasteiger charge is 1.96. The number of rotatable bonds is 3. The predicted octanol–water partition coefficient (Wildman–Crippen LogP) is 0.828. The first kappa shape index (κ1) is 8.44. The minimum absolute atomic E-state index is 0.262. The van der Waals surface area contributed by atoms with Crippen LogP contribution in [0, 0.1) is 11.3 Å². The SMILES string of the molecule is C=CC(=C)/C(C#N)=N\NC. The summed E-state index contributed by atoms with van der Waals surface area (Å²) in [5, 5.41) is 12.1. The third-order valence-corrected chi connectivity index (χ3v) is 0.880. The summed E-state index contributed by atoms with van der Waals surface area (Å²) in [6.45, 7) is 7.00. The number of nitrogens with zero attached hydrogens (tertiary/aromatic N) is 2. The highest BCUT2D eigenvalue weighted by molar-refractivity contribution is 6.12. The molecular weight excluding hydrogens is 126 g/mol. The summed E-state index contributed by atoms with van der Waals surface area (Å²) >= 11 is 0. The van der Waals surface area contributed by atoms with Crippen LogP contribution in [0.4, 0.5) is 0 Å². The molecule has 10 heavy (non-hydrogen) atoms. The van der Waals surface area contributed by atoms with E-state index >= 15 is 0 Å². The Bertz CT molecular complexity index is 207. The standard InChI is InChI=1S/C7H9N3/c1-4-6(2)7(5-8)10-9-3/h4,9H,1-2H2,3H3/b10-7-. The predicted molar refractivity (Wildman–Crippen MR) is 41.4 cm³/mol. The fraction of sp³-hybridized carbons (Fsp3) is 0.143. The lowest BCUT2D eigenvalue weighted by Crippen LogP contribution is -2.03. The van der Waals surface area contributed by atoms with Crippen molar-refractivity contribution in [3.05, 3.63) is 24.8 Å². The van der Waals surface area contributed by atoms with Crippen LogP contribution < -0.4 is 5.43 Å². The number of hydrazone groups is 1. The van der Waals surface area contributed by atoms with Gasteiger partial charge in [-0.1, -0.05) is 19.2 Å². The van der Waals surface area contributed by atoms with Gasteiger partial charge >= 0.3 is 0 Å². The Labute approximate surface area is 60.4 Å². The summed E-state index contributed by atoms with van der Waals surface area (Å²) in [5.74, 6) is 0. The Morgan fingerprint density at radius 2 is 2.40 bits per heavy atom. The first-order valence-corrected chi connectivity index (χ1v) is 2.72. The number of nitrogens with one attached hydrogen (secondary N) is 1. The summed E-state index contributed by atoms with van der Waals surface area (Å²) in [4.78, 5) is 0. The van der Waals surface area contributed by atoms with Gasteiger partial charge in [0.25, 0.3) is 0 Å². The van der Waals surface area contributed by atoms with Gasteiger partial charge in [0.15, 0.2) is 5.71 Å². The molecule has 0 aromatic rings. The molecule has 0 aliphatic heterocycles. The molecule has 0 radical (unpaired) electrons. The zero-order valence-corrected chi connectivity index (χ0v) is 5.89. The Hall–Kier alpha value is -1.56. The minimum Gasteiger partial charge on any atom is -0.312 e.